The molecular weight excluding hydrogens is 312 g/mol. The van der Waals surface area contributed by atoms with Crippen LogP contribution in [0.15, 0.2) is 11.6 Å². The van der Waals surface area contributed by atoms with E-state index in [1.54, 1.807) is 11.3 Å². The smallest absolute Gasteiger partial charge is 0.118 e. The van der Waals surface area contributed by atoms with Crippen LogP contribution < -0.4 is 0 Å². The van der Waals surface area contributed by atoms with Gasteiger partial charge in [-0.2, -0.15) is 0 Å². The molecule has 23 heavy (non-hydrogen) atoms. The lowest BCUT2D eigenvalue weighted by Crippen LogP contribution is -2.52. The quantitative estimate of drug-likeness (QED) is 0.795. The minimum Gasteiger partial charge on any atom is -0.381 e. The second kappa shape index (κ2) is 7.57. The van der Waals surface area contributed by atoms with Gasteiger partial charge in [-0.1, -0.05) is 0 Å². The molecule has 4 rings (SSSR count). The molecule has 0 N–H and O–H groups in total. The molecule has 0 aromatic carbocycles. The Morgan fingerprint density at radius 1 is 1.30 bits per heavy atom. The van der Waals surface area contributed by atoms with E-state index in [0.29, 0.717) is 30.6 Å². The third-order valence-corrected chi connectivity index (χ3v) is 6.15. The summed E-state index contributed by atoms with van der Waals surface area (Å²) in [5.74, 6) is 1.25. The van der Waals surface area contributed by atoms with Gasteiger partial charge in [0.2, 0.25) is 0 Å². The third-order valence-electron chi connectivity index (χ3n) is 5.39. The molecule has 128 valence electrons. The molecular formula is C17H26N2O3S. The van der Waals surface area contributed by atoms with Crippen molar-refractivity contribution in [1.29, 1.82) is 0 Å². The first-order valence-corrected chi connectivity index (χ1v) is 9.67. The number of ether oxygens (including phenoxy) is 3. The molecule has 0 spiro atoms. The highest BCUT2D eigenvalue weighted by Crippen LogP contribution is 2.35. The lowest BCUT2D eigenvalue weighted by molar-refractivity contribution is -0.0899. The first kappa shape index (κ1) is 16.0. The Labute approximate surface area is 141 Å². The normalized spacial score (nSPS) is 34.8. The fraction of sp³-hybridized carbons (Fsp3) is 0.824. The summed E-state index contributed by atoms with van der Waals surface area (Å²) in [5, 5.41) is 3.06. The SMILES string of the molecule is c1csc(COC[C@@H]2CC[C@@H]3[C@H]2OCCN3C[C@@H]2CCOC2)n1. The van der Waals surface area contributed by atoms with Crippen molar-refractivity contribution in [3.05, 3.63) is 16.6 Å². The molecule has 0 amide bonds. The molecule has 1 aromatic heterocycles. The Morgan fingerprint density at radius 2 is 2.30 bits per heavy atom. The summed E-state index contributed by atoms with van der Waals surface area (Å²) in [4.78, 5) is 6.93. The van der Waals surface area contributed by atoms with E-state index in [4.69, 9.17) is 14.2 Å². The zero-order valence-electron chi connectivity index (χ0n) is 13.6. The van der Waals surface area contributed by atoms with E-state index in [0.717, 1.165) is 38.0 Å². The Morgan fingerprint density at radius 3 is 3.13 bits per heavy atom. The lowest BCUT2D eigenvalue weighted by Gasteiger charge is -2.40. The Kier molecular flexibility index (Phi) is 5.26. The van der Waals surface area contributed by atoms with Crippen molar-refractivity contribution in [2.75, 3.05) is 39.5 Å². The van der Waals surface area contributed by atoms with Crippen LogP contribution in [-0.4, -0.2) is 61.5 Å². The summed E-state index contributed by atoms with van der Waals surface area (Å²) in [6.45, 7) is 6.42. The van der Waals surface area contributed by atoms with E-state index in [1.807, 2.05) is 11.6 Å². The zero-order valence-corrected chi connectivity index (χ0v) is 14.4. The van der Waals surface area contributed by atoms with E-state index < -0.39 is 0 Å². The number of thiazole rings is 1. The van der Waals surface area contributed by atoms with Crippen LogP contribution in [0.2, 0.25) is 0 Å². The number of rotatable bonds is 6. The summed E-state index contributed by atoms with van der Waals surface area (Å²) < 4.78 is 17.6. The zero-order chi connectivity index (χ0) is 15.5. The molecule has 0 unspecified atom stereocenters. The molecule has 3 fully saturated rings. The number of nitrogens with zero attached hydrogens (tertiary/aromatic N) is 2. The summed E-state index contributed by atoms with van der Waals surface area (Å²) in [6, 6.07) is 0.581. The van der Waals surface area contributed by atoms with E-state index in [9.17, 15) is 0 Å². The highest BCUT2D eigenvalue weighted by Gasteiger charge is 2.43. The van der Waals surface area contributed by atoms with Crippen LogP contribution in [0.4, 0.5) is 0 Å². The van der Waals surface area contributed by atoms with Gasteiger partial charge in [0.1, 0.15) is 5.01 Å². The number of fused-ring (bicyclic) bond motifs is 1. The predicted molar refractivity (Wildman–Crippen MR) is 88.5 cm³/mol. The van der Waals surface area contributed by atoms with Crippen LogP contribution in [0.5, 0.6) is 0 Å². The molecule has 2 saturated heterocycles. The van der Waals surface area contributed by atoms with Crippen LogP contribution in [0.1, 0.15) is 24.3 Å². The fourth-order valence-electron chi connectivity index (χ4n) is 4.22. The van der Waals surface area contributed by atoms with Crippen molar-refractivity contribution in [3.63, 3.8) is 0 Å². The van der Waals surface area contributed by atoms with Gasteiger partial charge >= 0.3 is 0 Å². The van der Waals surface area contributed by atoms with Gasteiger partial charge in [0, 0.05) is 43.2 Å². The summed E-state index contributed by atoms with van der Waals surface area (Å²) in [5.41, 5.74) is 0. The largest absolute Gasteiger partial charge is 0.381 e. The summed E-state index contributed by atoms with van der Waals surface area (Å²) in [7, 11) is 0. The average Bonchev–Trinajstić information content (AvgIpc) is 3.30. The van der Waals surface area contributed by atoms with E-state index >= 15 is 0 Å². The molecule has 1 saturated carbocycles. The van der Waals surface area contributed by atoms with Crippen LogP contribution in [-0.2, 0) is 20.8 Å². The molecule has 5 nitrogen and oxygen atoms in total. The molecule has 4 atom stereocenters. The number of aromatic nitrogens is 1. The van der Waals surface area contributed by atoms with Crippen molar-refractivity contribution in [2.45, 2.75) is 38.0 Å². The third kappa shape index (κ3) is 3.77. The molecule has 1 aliphatic carbocycles. The van der Waals surface area contributed by atoms with Crippen LogP contribution in [0.3, 0.4) is 0 Å². The lowest BCUT2D eigenvalue weighted by atomic mass is 10.0. The average molecular weight is 338 g/mol. The van der Waals surface area contributed by atoms with Crippen molar-refractivity contribution < 1.29 is 14.2 Å². The molecule has 2 aliphatic heterocycles. The van der Waals surface area contributed by atoms with Crippen LogP contribution >= 0.6 is 11.3 Å². The topological polar surface area (TPSA) is 43.8 Å². The maximum absolute atomic E-state index is 6.13. The van der Waals surface area contributed by atoms with Gasteiger partial charge in [0.05, 0.1) is 32.5 Å². The van der Waals surface area contributed by atoms with Gasteiger partial charge in [-0.05, 0) is 25.2 Å². The van der Waals surface area contributed by atoms with Crippen molar-refractivity contribution >= 4 is 11.3 Å². The van der Waals surface area contributed by atoms with Crippen molar-refractivity contribution in [1.82, 2.24) is 9.88 Å². The molecule has 0 radical (unpaired) electrons. The number of hydrogen-bond donors (Lipinski definition) is 0. The van der Waals surface area contributed by atoms with Gasteiger partial charge in [-0.25, -0.2) is 4.98 Å². The molecule has 3 heterocycles. The Balaban J connectivity index is 1.28. The second-order valence-corrected chi connectivity index (χ2v) is 7.88. The maximum Gasteiger partial charge on any atom is 0.118 e. The first-order valence-electron chi connectivity index (χ1n) is 8.79. The summed E-state index contributed by atoms with van der Waals surface area (Å²) >= 11 is 1.66. The van der Waals surface area contributed by atoms with E-state index in [2.05, 4.69) is 9.88 Å². The molecule has 6 heteroatoms. The maximum atomic E-state index is 6.13. The Hall–Kier alpha value is -0.530. The van der Waals surface area contributed by atoms with Crippen molar-refractivity contribution in [2.24, 2.45) is 11.8 Å². The van der Waals surface area contributed by atoms with Gasteiger partial charge in [-0.15, -0.1) is 11.3 Å². The highest BCUT2D eigenvalue weighted by molar-refractivity contribution is 7.09. The van der Waals surface area contributed by atoms with Crippen molar-refractivity contribution in [3.8, 4) is 0 Å². The fourth-order valence-corrected chi connectivity index (χ4v) is 4.77. The van der Waals surface area contributed by atoms with Crippen LogP contribution in [0, 0.1) is 11.8 Å². The van der Waals surface area contributed by atoms with E-state index in [1.165, 1.54) is 25.8 Å². The Bertz CT molecular complexity index is 478. The van der Waals surface area contributed by atoms with Gasteiger partial charge in [0.25, 0.3) is 0 Å². The standard InChI is InChI=1S/C17H26N2O3S/c1-2-15-17(14(1)11-21-12-16-18-4-8-23-16)22-7-5-19(15)9-13-3-6-20-10-13/h4,8,13-15,17H,1-3,5-7,9-12H2/t13-,14-,15+,17-/m0/s1. The van der Waals surface area contributed by atoms with Gasteiger partial charge in [0.15, 0.2) is 0 Å². The minimum atomic E-state index is 0.349. The highest BCUT2D eigenvalue weighted by atomic mass is 32.1. The van der Waals surface area contributed by atoms with Gasteiger partial charge < -0.3 is 14.2 Å². The first-order chi connectivity index (χ1) is 11.4. The second-order valence-electron chi connectivity index (χ2n) is 6.91. The molecule has 1 aromatic rings. The van der Waals surface area contributed by atoms with Crippen LogP contribution in [0.25, 0.3) is 0 Å². The van der Waals surface area contributed by atoms with E-state index in [-0.39, 0.29) is 0 Å². The predicted octanol–water partition coefficient (Wildman–Crippen LogP) is 2.18. The molecule has 3 aliphatic rings. The van der Waals surface area contributed by atoms with Gasteiger partial charge in [-0.3, -0.25) is 4.90 Å². The number of morpholine rings is 1. The number of hydrogen-bond acceptors (Lipinski definition) is 6. The monoisotopic (exact) mass is 338 g/mol. The molecule has 0 bridgehead atoms. The minimum absolute atomic E-state index is 0.349. The summed E-state index contributed by atoms with van der Waals surface area (Å²) in [6.07, 6.45) is 5.86.